The zero-order valence-corrected chi connectivity index (χ0v) is 18.3. The molecular weight excluding hydrogens is 388 g/mol. The molecule has 158 valence electrons. The van der Waals surface area contributed by atoms with Crippen LogP contribution in [-0.2, 0) is 4.74 Å². The highest BCUT2D eigenvalue weighted by molar-refractivity contribution is 6.00. The highest BCUT2D eigenvalue weighted by Crippen LogP contribution is 2.57. The molecule has 0 bridgehead atoms. The van der Waals surface area contributed by atoms with Gasteiger partial charge in [-0.1, -0.05) is 39.0 Å². The maximum Gasteiger partial charge on any atom is 0.337 e. The monoisotopic (exact) mass is 414 g/mol. The van der Waals surface area contributed by atoms with Gasteiger partial charge >= 0.3 is 5.97 Å². The number of rotatable bonds is 2. The van der Waals surface area contributed by atoms with Gasteiger partial charge in [-0.05, 0) is 53.4 Å². The lowest BCUT2D eigenvalue weighted by Gasteiger charge is -2.49. The normalized spacial score (nSPS) is 27.0. The van der Waals surface area contributed by atoms with Crippen molar-refractivity contribution in [3.63, 3.8) is 0 Å². The van der Waals surface area contributed by atoms with Crippen molar-refractivity contribution in [1.29, 1.82) is 21.2 Å². The smallest absolute Gasteiger partial charge is 0.337 e. The predicted molar refractivity (Wildman–Crippen MR) is 115 cm³/mol. The summed E-state index contributed by atoms with van der Waals surface area (Å²) in [6.45, 7) is 6.52. The molecule has 0 aliphatic heterocycles. The van der Waals surface area contributed by atoms with Gasteiger partial charge in [0, 0.05) is 5.92 Å². The average molecular weight is 415 g/mol. The quantitative estimate of drug-likeness (QED) is 0.552. The summed E-state index contributed by atoms with van der Waals surface area (Å²) < 4.78 is 4.77. The maximum atomic E-state index is 11.8. The van der Waals surface area contributed by atoms with Crippen LogP contribution in [0.4, 0.5) is 0 Å². The van der Waals surface area contributed by atoms with E-state index in [2.05, 4.69) is 45.1 Å². The Morgan fingerprint density at radius 2 is 1.77 bits per heavy atom. The number of fused-ring (bicyclic) bond motifs is 1. The molecule has 0 aromatic heterocycles. The summed E-state index contributed by atoms with van der Waals surface area (Å²) in [5.74, 6) is -1.82. The molecule has 0 radical (unpaired) electrons. The SMILES string of the molecule is COC(=O)c1ccc([C@@H]2[C@H]3CC(C(C)(C)C)CC=C3C(C#N)C(=N)C2(C#N)C#N)cc1. The van der Waals surface area contributed by atoms with Gasteiger partial charge in [0.15, 0.2) is 5.41 Å². The first-order chi connectivity index (χ1) is 14.6. The maximum absolute atomic E-state index is 11.8. The number of nitrogens with zero attached hydrogens (tertiary/aromatic N) is 3. The lowest BCUT2D eigenvalue weighted by Crippen LogP contribution is -2.50. The molecule has 3 rings (SSSR count). The molecule has 4 atom stereocenters. The van der Waals surface area contributed by atoms with Gasteiger partial charge in [-0.15, -0.1) is 0 Å². The number of methoxy groups -OCH3 is 1. The Hall–Kier alpha value is -3.43. The van der Waals surface area contributed by atoms with Gasteiger partial charge < -0.3 is 10.1 Å². The van der Waals surface area contributed by atoms with E-state index in [1.165, 1.54) is 7.11 Å². The molecule has 2 aliphatic rings. The minimum Gasteiger partial charge on any atom is -0.465 e. The number of hydrogen-bond donors (Lipinski definition) is 1. The van der Waals surface area contributed by atoms with Crippen molar-refractivity contribution in [3.8, 4) is 18.2 Å². The van der Waals surface area contributed by atoms with Crippen molar-refractivity contribution in [2.75, 3.05) is 7.11 Å². The summed E-state index contributed by atoms with van der Waals surface area (Å²) >= 11 is 0. The molecule has 0 heterocycles. The van der Waals surface area contributed by atoms with Crippen LogP contribution in [0.3, 0.4) is 0 Å². The third kappa shape index (κ3) is 3.51. The lowest BCUT2D eigenvalue weighted by atomic mass is 9.51. The molecule has 2 aliphatic carbocycles. The molecular formula is C25H26N4O2. The Morgan fingerprint density at radius 1 is 1.16 bits per heavy atom. The molecule has 6 nitrogen and oxygen atoms in total. The van der Waals surface area contributed by atoms with Gasteiger partial charge in [0.1, 0.15) is 5.92 Å². The second-order valence-corrected chi connectivity index (χ2v) is 9.44. The number of carbonyl (C=O) groups excluding carboxylic acids is 1. The van der Waals surface area contributed by atoms with E-state index in [4.69, 9.17) is 10.1 Å². The van der Waals surface area contributed by atoms with Crippen LogP contribution in [0.1, 0.15) is 55.5 Å². The molecule has 0 saturated heterocycles. The van der Waals surface area contributed by atoms with Gasteiger partial charge in [-0.3, -0.25) is 0 Å². The number of carbonyl (C=O) groups is 1. The van der Waals surface area contributed by atoms with Gasteiger partial charge in [-0.25, -0.2) is 4.79 Å². The van der Waals surface area contributed by atoms with Crippen LogP contribution in [0.5, 0.6) is 0 Å². The van der Waals surface area contributed by atoms with Crippen molar-refractivity contribution >= 4 is 11.7 Å². The van der Waals surface area contributed by atoms with E-state index < -0.39 is 23.2 Å². The molecule has 1 aromatic carbocycles. The molecule has 0 spiro atoms. The Kier molecular flexibility index (Phi) is 5.75. The van der Waals surface area contributed by atoms with E-state index in [0.29, 0.717) is 17.0 Å². The number of allylic oxidation sites excluding steroid dienone is 2. The van der Waals surface area contributed by atoms with E-state index in [1.807, 2.05) is 0 Å². The van der Waals surface area contributed by atoms with Crippen molar-refractivity contribution in [2.24, 2.45) is 28.6 Å². The fourth-order valence-corrected chi connectivity index (χ4v) is 5.05. The summed E-state index contributed by atoms with van der Waals surface area (Å²) in [4.78, 5) is 11.8. The number of ether oxygens (including phenoxy) is 1. The first-order valence-corrected chi connectivity index (χ1v) is 10.3. The van der Waals surface area contributed by atoms with Crippen LogP contribution in [-0.4, -0.2) is 18.8 Å². The Morgan fingerprint density at radius 3 is 2.26 bits per heavy atom. The minimum absolute atomic E-state index is 0.0242. The highest BCUT2D eigenvalue weighted by Gasteiger charge is 2.58. The third-order valence-corrected chi connectivity index (χ3v) is 6.92. The van der Waals surface area contributed by atoms with Gasteiger partial charge in [-0.2, -0.15) is 15.8 Å². The van der Waals surface area contributed by atoms with Crippen molar-refractivity contribution in [2.45, 2.75) is 39.5 Å². The number of esters is 1. The Balaban J connectivity index is 2.20. The van der Waals surface area contributed by atoms with Crippen LogP contribution in [0.25, 0.3) is 0 Å². The van der Waals surface area contributed by atoms with Crippen LogP contribution >= 0.6 is 0 Å². The second-order valence-electron chi connectivity index (χ2n) is 9.44. The Bertz CT molecular complexity index is 1040. The van der Waals surface area contributed by atoms with Gasteiger partial charge in [0.2, 0.25) is 0 Å². The molecule has 1 saturated carbocycles. The van der Waals surface area contributed by atoms with E-state index in [1.54, 1.807) is 24.3 Å². The van der Waals surface area contributed by atoms with Gasteiger partial charge in [0.05, 0.1) is 36.6 Å². The topological polar surface area (TPSA) is 122 Å². The van der Waals surface area contributed by atoms with E-state index in [9.17, 15) is 20.6 Å². The average Bonchev–Trinajstić information content (AvgIpc) is 2.77. The fourth-order valence-electron chi connectivity index (χ4n) is 5.05. The fraction of sp³-hybridized carbons (Fsp3) is 0.480. The summed E-state index contributed by atoms with van der Waals surface area (Å²) in [5.41, 5.74) is 0.0570. The summed E-state index contributed by atoms with van der Waals surface area (Å²) in [5, 5.41) is 38.8. The molecule has 1 N–H and O–H groups in total. The zero-order valence-electron chi connectivity index (χ0n) is 18.3. The molecule has 6 heteroatoms. The largest absolute Gasteiger partial charge is 0.465 e. The standard InChI is InChI=1S/C25H26N4O2/c1-24(2,3)17-9-10-18-19(11-17)21(15-5-7-16(8-6-15)23(30)31-4)25(13-27,14-28)22(29)20(18)12-26/h5-8,10,17,19-21,29H,9,11H2,1-4H3/t17?,19-,20?,21+/m0/s1. The molecule has 1 fully saturated rings. The first-order valence-electron chi connectivity index (χ1n) is 10.3. The summed E-state index contributed by atoms with van der Waals surface area (Å²) in [6, 6.07) is 13.1. The van der Waals surface area contributed by atoms with Crippen molar-refractivity contribution in [1.82, 2.24) is 0 Å². The molecule has 1 aromatic rings. The highest BCUT2D eigenvalue weighted by atomic mass is 16.5. The number of benzene rings is 1. The van der Waals surface area contributed by atoms with E-state index in [-0.39, 0.29) is 17.0 Å². The number of hydrogen-bond acceptors (Lipinski definition) is 6. The lowest BCUT2D eigenvalue weighted by molar-refractivity contribution is 0.0600. The molecule has 0 amide bonds. The van der Waals surface area contributed by atoms with Crippen molar-refractivity contribution < 1.29 is 9.53 Å². The van der Waals surface area contributed by atoms with E-state index >= 15 is 0 Å². The van der Waals surface area contributed by atoms with Crippen LogP contribution in [0, 0.1) is 68.0 Å². The van der Waals surface area contributed by atoms with Crippen LogP contribution in [0.15, 0.2) is 35.9 Å². The number of nitrogens with one attached hydrogen (secondary N) is 1. The third-order valence-electron chi connectivity index (χ3n) is 6.92. The summed E-state index contributed by atoms with van der Waals surface area (Å²) in [6.07, 6.45) is 3.59. The second kappa shape index (κ2) is 8.01. The van der Waals surface area contributed by atoms with Crippen LogP contribution < -0.4 is 0 Å². The van der Waals surface area contributed by atoms with Crippen molar-refractivity contribution in [3.05, 3.63) is 47.0 Å². The number of nitriles is 3. The van der Waals surface area contributed by atoms with Gasteiger partial charge in [0.25, 0.3) is 0 Å². The van der Waals surface area contributed by atoms with E-state index in [0.717, 1.165) is 18.4 Å². The Labute approximate surface area is 183 Å². The molecule has 2 unspecified atom stereocenters. The summed E-state index contributed by atoms with van der Waals surface area (Å²) in [7, 11) is 1.31. The molecule has 31 heavy (non-hydrogen) atoms. The minimum atomic E-state index is -1.74. The predicted octanol–water partition coefficient (Wildman–Crippen LogP) is 4.76. The zero-order chi connectivity index (χ0) is 23.0. The first kappa shape index (κ1) is 22.3. The van der Waals surface area contributed by atoms with Crippen LogP contribution in [0.2, 0.25) is 0 Å².